The molecule has 4 heterocycles. The van der Waals surface area contributed by atoms with E-state index in [0.29, 0.717) is 18.7 Å². The highest BCUT2D eigenvalue weighted by atomic mass is 32.2. The maximum atomic E-state index is 13.3. The lowest BCUT2D eigenvalue weighted by atomic mass is 10.0. The Morgan fingerprint density at radius 2 is 1.88 bits per heavy atom. The Labute approximate surface area is 194 Å². The van der Waals surface area contributed by atoms with Crippen LogP contribution in [0.1, 0.15) is 35.8 Å². The van der Waals surface area contributed by atoms with Gasteiger partial charge in [-0.2, -0.15) is 5.10 Å². The second-order valence-electron chi connectivity index (χ2n) is 9.26. The van der Waals surface area contributed by atoms with E-state index in [9.17, 15) is 13.2 Å². The molecule has 0 saturated carbocycles. The Bertz CT molecular complexity index is 1120. The van der Waals surface area contributed by atoms with Gasteiger partial charge in [-0.05, 0) is 31.0 Å². The van der Waals surface area contributed by atoms with Crippen molar-refractivity contribution >= 4 is 21.5 Å². The van der Waals surface area contributed by atoms with E-state index in [1.807, 2.05) is 31.2 Å². The monoisotopic (exact) mass is 470 g/mol. The Morgan fingerprint density at radius 3 is 2.52 bits per heavy atom. The van der Waals surface area contributed by atoms with Gasteiger partial charge in [0.05, 0.1) is 30.0 Å². The molecule has 0 unspecified atom stereocenters. The lowest BCUT2D eigenvalue weighted by molar-refractivity contribution is -0.135. The van der Waals surface area contributed by atoms with Gasteiger partial charge in [0.1, 0.15) is 11.8 Å². The molecule has 0 radical (unpaired) electrons. The van der Waals surface area contributed by atoms with Crippen molar-refractivity contribution < 1.29 is 17.6 Å². The number of amides is 1. The van der Waals surface area contributed by atoms with Crippen molar-refractivity contribution in [3.63, 3.8) is 0 Å². The van der Waals surface area contributed by atoms with Gasteiger partial charge in [-0.25, -0.2) is 13.4 Å². The number of furan rings is 1. The third-order valence-corrected chi connectivity index (χ3v) is 8.66. The first-order valence-corrected chi connectivity index (χ1v) is 13.4. The highest BCUT2D eigenvalue weighted by Gasteiger charge is 2.37. The molecular formula is C24H30N4O4S. The summed E-state index contributed by atoms with van der Waals surface area (Å²) in [5.41, 5.74) is 3.09. The number of nitrogens with zero attached hydrogens (tertiary/aromatic N) is 4. The highest BCUT2D eigenvalue weighted by molar-refractivity contribution is 7.91. The second kappa shape index (κ2) is 9.04. The number of aryl methyl sites for hydroxylation is 1. The van der Waals surface area contributed by atoms with E-state index in [1.54, 1.807) is 11.3 Å². The lowest BCUT2D eigenvalue weighted by Gasteiger charge is -2.37. The van der Waals surface area contributed by atoms with Crippen LogP contribution in [0.4, 0.5) is 0 Å². The number of hydrogen-bond acceptors (Lipinski definition) is 7. The van der Waals surface area contributed by atoms with Gasteiger partial charge in [0.15, 0.2) is 9.84 Å². The van der Waals surface area contributed by atoms with E-state index in [2.05, 4.69) is 21.9 Å². The van der Waals surface area contributed by atoms with Crippen LogP contribution >= 0.6 is 0 Å². The van der Waals surface area contributed by atoms with Gasteiger partial charge in [-0.1, -0.05) is 29.8 Å². The van der Waals surface area contributed by atoms with Crippen LogP contribution in [0.3, 0.4) is 0 Å². The van der Waals surface area contributed by atoms with Crippen molar-refractivity contribution in [3.8, 4) is 0 Å². The summed E-state index contributed by atoms with van der Waals surface area (Å²) in [6.45, 7) is 5.40. The third kappa shape index (κ3) is 4.90. The molecule has 33 heavy (non-hydrogen) atoms. The summed E-state index contributed by atoms with van der Waals surface area (Å²) in [5.74, 6) is 1.25. The van der Waals surface area contributed by atoms with Gasteiger partial charge in [-0.3, -0.25) is 14.6 Å². The topological polar surface area (TPSA) is 86.4 Å². The fraction of sp³-hybridized carbons (Fsp3) is 0.500. The van der Waals surface area contributed by atoms with Crippen molar-refractivity contribution in [1.82, 2.24) is 14.8 Å². The van der Waals surface area contributed by atoms with Crippen LogP contribution in [0.25, 0.3) is 0 Å². The van der Waals surface area contributed by atoms with Crippen molar-refractivity contribution in [3.05, 3.63) is 59.5 Å². The fourth-order valence-corrected chi connectivity index (χ4v) is 6.74. The Morgan fingerprint density at radius 1 is 1.12 bits per heavy atom. The van der Waals surface area contributed by atoms with E-state index >= 15 is 0 Å². The molecule has 0 N–H and O–H groups in total. The average Bonchev–Trinajstić information content (AvgIpc) is 3.54. The normalized spacial score (nSPS) is 26.0. The average molecular weight is 471 g/mol. The van der Waals surface area contributed by atoms with Gasteiger partial charge in [0, 0.05) is 38.6 Å². The predicted molar refractivity (Wildman–Crippen MR) is 126 cm³/mol. The number of carbonyl (C=O) groups excluding carboxylic acids is 1. The third-order valence-electron chi connectivity index (χ3n) is 6.91. The molecule has 5 rings (SSSR count). The molecule has 2 aromatic rings. The SMILES string of the molecule is Cc1ccc(C2=NN(C(=O)CN3CCN([C@@H]4CCS(=O)(=O)C4)CC3)[C@H](c3ccco3)C2)cc1. The smallest absolute Gasteiger partial charge is 0.257 e. The first-order valence-electron chi connectivity index (χ1n) is 11.5. The molecule has 1 aromatic carbocycles. The first kappa shape index (κ1) is 22.3. The number of benzene rings is 1. The molecule has 8 nitrogen and oxygen atoms in total. The molecular weight excluding hydrogens is 440 g/mol. The zero-order chi connectivity index (χ0) is 23.0. The first-order chi connectivity index (χ1) is 15.9. The minimum atomic E-state index is -2.89. The molecule has 2 atom stereocenters. The molecule has 0 bridgehead atoms. The van der Waals surface area contributed by atoms with Crippen molar-refractivity contribution in [2.75, 3.05) is 44.2 Å². The lowest BCUT2D eigenvalue weighted by Crippen LogP contribution is -2.52. The van der Waals surface area contributed by atoms with Gasteiger partial charge in [-0.15, -0.1) is 0 Å². The maximum Gasteiger partial charge on any atom is 0.257 e. The number of sulfone groups is 1. The summed E-state index contributed by atoms with van der Waals surface area (Å²) in [6.07, 6.45) is 2.97. The summed E-state index contributed by atoms with van der Waals surface area (Å²) in [4.78, 5) is 17.7. The molecule has 0 aliphatic carbocycles. The van der Waals surface area contributed by atoms with Crippen LogP contribution < -0.4 is 0 Å². The van der Waals surface area contributed by atoms with E-state index in [0.717, 1.165) is 49.6 Å². The molecule has 2 saturated heterocycles. The number of hydrogen-bond donors (Lipinski definition) is 0. The summed E-state index contributed by atoms with van der Waals surface area (Å²) < 4.78 is 29.3. The molecule has 2 fully saturated rings. The second-order valence-corrected chi connectivity index (χ2v) is 11.5. The zero-order valence-corrected chi connectivity index (χ0v) is 19.7. The van der Waals surface area contributed by atoms with Crippen LogP contribution in [-0.4, -0.2) is 85.1 Å². The van der Waals surface area contributed by atoms with Gasteiger partial charge in [0.2, 0.25) is 0 Å². The number of carbonyl (C=O) groups is 1. The number of hydrazone groups is 1. The van der Waals surface area contributed by atoms with E-state index in [1.165, 1.54) is 5.56 Å². The van der Waals surface area contributed by atoms with Crippen LogP contribution in [0, 0.1) is 6.92 Å². The van der Waals surface area contributed by atoms with Crippen molar-refractivity contribution in [1.29, 1.82) is 0 Å². The van der Waals surface area contributed by atoms with Crippen LogP contribution in [0.15, 0.2) is 52.2 Å². The molecule has 0 spiro atoms. The summed E-state index contributed by atoms with van der Waals surface area (Å²) in [6, 6.07) is 11.8. The van der Waals surface area contributed by atoms with E-state index in [4.69, 9.17) is 9.52 Å². The van der Waals surface area contributed by atoms with Gasteiger partial charge in [0.25, 0.3) is 5.91 Å². The van der Waals surface area contributed by atoms with E-state index < -0.39 is 9.84 Å². The predicted octanol–water partition coefficient (Wildman–Crippen LogP) is 2.07. The number of rotatable bonds is 5. The Kier molecular flexibility index (Phi) is 6.11. The quantitative estimate of drug-likeness (QED) is 0.665. The fourth-order valence-electron chi connectivity index (χ4n) is 4.98. The standard InChI is InChI=1S/C24H30N4O4S/c1-18-4-6-19(7-5-18)21-15-22(23-3-2-13-32-23)28(25-21)24(29)16-26-9-11-27(12-10-26)20-8-14-33(30,31)17-20/h2-7,13,20,22H,8-12,14-17H2,1H3/t20-,22+/m1/s1. The summed E-state index contributed by atoms with van der Waals surface area (Å²) in [5, 5.41) is 6.31. The van der Waals surface area contributed by atoms with Gasteiger partial charge < -0.3 is 4.42 Å². The maximum absolute atomic E-state index is 13.3. The van der Waals surface area contributed by atoms with Crippen molar-refractivity contribution in [2.45, 2.75) is 31.8 Å². The molecule has 1 amide bonds. The minimum Gasteiger partial charge on any atom is -0.467 e. The molecule has 3 aliphatic rings. The highest BCUT2D eigenvalue weighted by Crippen LogP contribution is 2.33. The Hall–Kier alpha value is -2.49. The van der Waals surface area contributed by atoms with Crippen LogP contribution in [0.2, 0.25) is 0 Å². The zero-order valence-electron chi connectivity index (χ0n) is 18.9. The van der Waals surface area contributed by atoms with Crippen LogP contribution in [0.5, 0.6) is 0 Å². The summed E-state index contributed by atoms with van der Waals surface area (Å²) in [7, 11) is -2.89. The summed E-state index contributed by atoms with van der Waals surface area (Å²) >= 11 is 0. The molecule has 3 aliphatic heterocycles. The molecule has 9 heteroatoms. The molecule has 1 aromatic heterocycles. The minimum absolute atomic E-state index is 0.0459. The number of piperazine rings is 1. The van der Waals surface area contributed by atoms with Crippen LogP contribution in [-0.2, 0) is 14.6 Å². The van der Waals surface area contributed by atoms with E-state index in [-0.39, 0.29) is 23.7 Å². The Balaban J connectivity index is 1.25. The van der Waals surface area contributed by atoms with Gasteiger partial charge >= 0.3 is 0 Å². The van der Waals surface area contributed by atoms with Crippen molar-refractivity contribution in [2.24, 2.45) is 5.10 Å². The molecule has 176 valence electrons. The largest absolute Gasteiger partial charge is 0.467 e.